The maximum Gasteiger partial charge on any atom is 0.164 e. The second kappa shape index (κ2) is 4.89. The predicted molar refractivity (Wildman–Crippen MR) is 78.2 cm³/mol. The van der Waals surface area contributed by atoms with Crippen LogP contribution in [0.3, 0.4) is 0 Å². The van der Waals surface area contributed by atoms with Crippen molar-refractivity contribution in [3.63, 3.8) is 0 Å². The molecule has 0 radical (unpaired) electrons. The van der Waals surface area contributed by atoms with Gasteiger partial charge in [-0.3, -0.25) is 4.79 Å². The van der Waals surface area contributed by atoms with Crippen LogP contribution in [0.15, 0.2) is 42.5 Å². The molecule has 20 heavy (non-hydrogen) atoms. The highest BCUT2D eigenvalue weighted by molar-refractivity contribution is 5.99. The van der Waals surface area contributed by atoms with Gasteiger partial charge in [-0.15, -0.1) is 5.10 Å². The van der Waals surface area contributed by atoms with E-state index in [1.165, 1.54) is 0 Å². The van der Waals surface area contributed by atoms with Gasteiger partial charge in [0, 0.05) is 12.0 Å². The average Bonchev–Trinajstić information content (AvgIpc) is 2.90. The van der Waals surface area contributed by atoms with Gasteiger partial charge in [0.15, 0.2) is 5.78 Å². The Morgan fingerprint density at radius 3 is 2.80 bits per heavy atom. The van der Waals surface area contributed by atoms with Gasteiger partial charge in [-0.1, -0.05) is 30.3 Å². The van der Waals surface area contributed by atoms with Gasteiger partial charge in [-0.05, 0) is 36.8 Å². The molecule has 0 saturated heterocycles. The van der Waals surface area contributed by atoms with Crippen LogP contribution in [0.5, 0.6) is 0 Å². The van der Waals surface area contributed by atoms with Crippen LogP contribution in [-0.4, -0.2) is 20.8 Å². The molecule has 0 aliphatic carbocycles. The minimum atomic E-state index is 0.111. The molecule has 0 N–H and O–H groups in total. The largest absolute Gasteiger partial charge is 0.294 e. The SMILES string of the molecule is CCC(=O)c1ccc(C)cc1-n1nnc2ccccc21. The Labute approximate surface area is 117 Å². The van der Waals surface area contributed by atoms with Gasteiger partial charge in [0.25, 0.3) is 0 Å². The summed E-state index contributed by atoms with van der Waals surface area (Å²) in [6.45, 7) is 3.87. The lowest BCUT2D eigenvalue weighted by Gasteiger charge is -2.09. The van der Waals surface area contributed by atoms with Crippen LogP contribution < -0.4 is 0 Å². The molecule has 1 aromatic heterocycles. The second-order valence-electron chi connectivity index (χ2n) is 4.79. The summed E-state index contributed by atoms with van der Waals surface area (Å²) in [6.07, 6.45) is 0.475. The number of aryl methyl sites for hydroxylation is 1. The van der Waals surface area contributed by atoms with E-state index in [-0.39, 0.29) is 5.78 Å². The van der Waals surface area contributed by atoms with Crippen LogP contribution in [0.4, 0.5) is 0 Å². The highest BCUT2D eigenvalue weighted by atomic mass is 16.1. The van der Waals surface area contributed by atoms with E-state index in [1.54, 1.807) is 4.68 Å². The van der Waals surface area contributed by atoms with Crippen LogP contribution in [0.25, 0.3) is 16.7 Å². The van der Waals surface area contributed by atoms with Gasteiger partial charge in [0.05, 0.1) is 11.2 Å². The number of benzene rings is 2. The van der Waals surface area contributed by atoms with E-state index in [0.717, 1.165) is 22.3 Å². The van der Waals surface area contributed by atoms with E-state index in [1.807, 2.05) is 56.3 Å². The molecule has 0 saturated carbocycles. The van der Waals surface area contributed by atoms with E-state index < -0.39 is 0 Å². The van der Waals surface area contributed by atoms with Crippen LogP contribution >= 0.6 is 0 Å². The lowest BCUT2D eigenvalue weighted by Crippen LogP contribution is -2.07. The molecule has 0 aliphatic heterocycles. The number of nitrogens with zero attached hydrogens (tertiary/aromatic N) is 3. The highest BCUT2D eigenvalue weighted by Crippen LogP contribution is 2.21. The Bertz CT molecular complexity index is 789. The quantitative estimate of drug-likeness (QED) is 0.682. The Balaban J connectivity index is 2.28. The second-order valence-corrected chi connectivity index (χ2v) is 4.79. The Kier molecular flexibility index (Phi) is 3.06. The number of hydrogen-bond acceptors (Lipinski definition) is 3. The minimum absolute atomic E-state index is 0.111. The highest BCUT2D eigenvalue weighted by Gasteiger charge is 2.14. The van der Waals surface area contributed by atoms with Gasteiger partial charge in [0.2, 0.25) is 0 Å². The third-order valence-electron chi connectivity index (χ3n) is 3.35. The number of Topliss-reactive ketones (excluding diaryl/α,β-unsaturated/α-hetero) is 1. The van der Waals surface area contributed by atoms with Crippen LogP contribution in [-0.2, 0) is 0 Å². The standard InChI is InChI=1S/C16H15N3O/c1-3-16(20)12-9-8-11(2)10-15(12)19-14-7-5-4-6-13(14)17-18-19/h4-10H,3H2,1-2H3. The molecule has 0 aliphatic rings. The molecule has 0 amide bonds. The third-order valence-corrected chi connectivity index (χ3v) is 3.35. The number of ketones is 1. The van der Waals surface area contributed by atoms with E-state index in [2.05, 4.69) is 10.3 Å². The molecular formula is C16H15N3O. The Morgan fingerprint density at radius 1 is 1.20 bits per heavy atom. The van der Waals surface area contributed by atoms with Crippen molar-refractivity contribution in [3.8, 4) is 5.69 Å². The van der Waals surface area contributed by atoms with Crippen molar-refractivity contribution in [2.75, 3.05) is 0 Å². The first-order valence-electron chi connectivity index (χ1n) is 6.65. The summed E-state index contributed by atoms with van der Waals surface area (Å²) in [5.74, 6) is 0.111. The number of para-hydroxylation sites is 1. The van der Waals surface area contributed by atoms with Crippen LogP contribution in [0.2, 0.25) is 0 Å². The van der Waals surface area contributed by atoms with Gasteiger partial charge < -0.3 is 0 Å². The normalized spacial score (nSPS) is 10.9. The zero-order valence-corrected chi connectivity index (χ0v) is 11.5. The third kappa shape index (κ3) is 1.99. The molecule has 0 bridgehead atoms. The van der Waals surface area contributed by atoms with Crippen molar-refractivity contribution in [2.45, 2.75) is 20.3 Å². The van der Waals surface area contributed by atoms with Gasteiger partial charge in [-0.2, -0.15) is 0 Å². The van der Waals surface area contributed by atoms with Crippen molar-refractivity contribution in [1.82, 2.24) is 15.0 Å². The maximum absolute atomic E-state index is 12.1. The summed E-state index contributed by atoms with van der Waals surface area (Å²) in [5.41, 5.74) is 4.30. The summed E-state index contributed by atoms with van der Waals surface area (Å²) in [6, 6.07) is 13.5. The van der Waals surface area contributed by atoms with E-state index >= 15 is 0 Å². The number of fused-ring (bicyclic) bond motifs is 1. The molecule has 4 nitrogen and oxygen atoms in total. The summed E-state index contributed by atoms with van der Waals surface area (Å²) in [5, 5.41) is 8.35. The molecule has 3 aromatic rings. The zero-order valence-electron chi connectivity index (χ0n) is 11.5. The number of aromatic nitrogens is 3. The van der Waals surface area contributed by atoms with Gasteiger partial charge >= 0.3 is 0 Å². The smallest absolute Gasteiger partial charge is 0.164 e. The molecule has 2 aromatic carbocycles. The molecule has 0 unspecified atom stereocenters. The fourth-order valence-electron chi connectivity index (χ4n) is 2.29. The monoisotopic (exact) mass is 265 g/mol. The van der Waals surface area contributed by atoms with E-state index in [4.69, 9.17) is 0 Å². The number of rotatable bonds is 3. The Morgan fingerprint density at radius 2 is 2.00 bits per heavy atom. The first-order valence-corrected chi connectivity index (χ1v) is 6.65. The van der Waals surface area contributed by atoms with Gasteiger partial charge in [0.1, 0.15) is 5.52 Å². The van der Waals surface area contributed by atoms with E-state index in [9.17, 15) is 4.79 Å². The van der Waals surface area contributed by atoms with Crippen molar-refractivity contribution >= 4 is 16.8 Å². The van der Waals surface area contributed by atoms with Crippen molar-refractivity contribution in [1.29, 1.82) is 0 Å². The topological polar surface area (TPSA) is 47.8 Å². The maximum atomic E-state index is 12.1. The lowest BCUT2D eigenvalue weighted by molar-refractivity contribution is 0.0988. The first kappa shape index (κ1) is 12.5. The molecule has 4 heteroatoms. The molecule has 3 rings (SSSR count). The van der Waals surface area contributed by atoms with E-state index in [0.29, 0.717) is 12.0 Å². The number of carbonyl (C=O) groups excluding carboxylic acids is 1. The molecule has 1 heterocycles. The zero-order chi connectivity index (χ0) is 14.1. The molecule has 0 atom stereocenters. The molecule has 0 fully saturated rings. The van der Waals surface area contributed by atoms with Gasteiger partial charge in [-0.25, -0.2) is 4.68 Å². The van der Waals surface area contributed by atoms with Crippen LogP contribution in [0, 0.1) is 6.92 Å². The first-order chi connectivity index (χ1) is 9.70. The van der Waals surface area contributed by atoms with Crippen molar-refractivity contribution < 1.29 is 4.79 Å². The molecule has 100 valence electrons. The minimum Gasteiger partial charge on any atom is -0.294 e. The summed E-state index contributed by atoms with van der Waals surface area (Å²) in [4.78, 5) is 12.1. The molecular weight excluding hydrogens is 250 g/mol. The summed E-state index contributed by atoms with van der Waals surface area (Å²) in [7, 11) is 0. The Hall–Kier alpha value is -2.49. The fraction of sp³-hybridized carbons (Fsp3) is 0.188. The lowest BCUT2D eigenvalue weighted by atomic mass is 10.0. The number of hydrogen-bond donors (Lipinski definition) is 0. The summed E-state index contributed by atoms with van der Waals surface area (Å²) >= 11 is 0. The predicted octanol–water partition coefficient (Wildman–Crippen LogP) is 3.32. The van der Waals surface area contributed by atoms with Crippen molar-refractivity contribution in [3.05, 3.63) is 53.6 Å². The molecule has 0 spiro atoms. The van der Waals surface area contributed by atoms with Crippen molar-refractivity contribution in [2.24, 2.45) is 0 Å². The fourth-order valence-corrected chi connectivity index (χ4v) is 2.29. The summed E-state index contributed by atoms with van der Waals surface area (Å²) < 4.78 is 1.74. The number of carbonyl (C=O) groups is 1. The average molecular weight is 265 g/mol. The van der Waals surface area contributed by atoms with Crippen LogP contribution in [0.1, 0.15) is 29.3 Å².